The van der Waals surface area contributed by atoms with E-state index >= 15 is 0 Å². The molecule has 1 aromatic rings. The van der Waals surface area contributed by atoms with Gasteiger partial charge in [0.1, 0.15) is 11.2 Å². The summed E-state index contributed by atoms with van der Waals surface area (Å²) < 4.78 is 10.6. The number of amides is 2. The zero-order valence-corrected chi connectivity index (χ0v) is 13.3. The van der Waals surface area contributed by atoms with Crippen LogP contribution in [0.2, 0.25) is 0 Å². The Labute approximate surface area is 135 Å². The fourth-order valence-electron chi connectivity index (χ4n) is 2.78. The number of ether oxygens (including phenoxy) is 2. The lowest BCUT2D eigenvalue weighted by Crippen LogP contribution is -2.47. The summed E-state index contributed by atoms with van der Waals surface area (Å²) in [5, 5.41) is 2.86. The molecule has 1 aromatic carbocycles. The Morgan fingerprint density at radius 2 is 1.87 bits per heavy atom. The number of carbonyl (C=O) groups is 2. The van der Waals surface area contributed by atoms with Crippen LogP contribution < -0.4 is 10.1 Å². The molecule has 23 heavy (non-hydrogen) atoms. The van der Waals surface area contributed by atoms with Gasteiger partial charge in [-0.2, -0.15) is 0 Å². The molecule has 1 saturated carbocycles. The van der Waals surface area contributed by atoms with Crippen LogP contribution in [0.1, 0.15) is 19.8 Å². The van der Waals surface area contributed by atoms with E-state index < -0.39 is 5.41 Å². The van der Waals surface area contributed by atoms with Gasteiger partial charge < -0.3 is 19.7 Å². The van der Waals surface area contributed by atoms with E-state index in [2.05, 4.69) is 5.32 Å². The molecular weight excluding hydrogens is 296 g/mol. The van der Waals surface area contributed by atoms with E-state index in [4.69, 9.17) is 9.47 Å². The molecule has 6 nitrogen and oxygen atoms in total. The van der Waals surface area contributed by atoms with Gasteiger partial charge in [-0.3, -0.25) is 9.59 Å². The first-order valence-electron chi connectivity index (χ1n) is 8.07. The number of carbonyl (C=O) groups excluding carboxylic acids is 2. The van der Waals surface area contributed by atoms with Crippen molar-refractivity contribution in [2.75, 3.05) is 38.2 Å². The van der Waals surface area contributed by atoms with Gasteiger partial charge in [0.25, 0.3) is 0 Å². The summed E-state index contributed by atoms with van der Waals surface area (Å²) in [6.07, 6.45) is 1.23. The molecule has 1 aliphatic carbocycles. The molecule has 0 radical (unpaired) electrons. The number of morpholine rings is 1. The predicted molar refractivity (Wildman–Crippen MR) is 85.3 cm³/mol. The summed E-state index contributed by atoms with van der Waals surface area (Å²) in [6, 6.07) is 7.20. The lowest BCUT2D eigenvalue weighted by molar-refractivity contribution is -0.145. The van der Waals surface area contributed by atoms with Crippen LogP contribution in [-0.4, -0.2) is 49.6 Å². The van der Waals surface area contributed by atoms with E-state index in [-0.39, 0.29) is 11.8 Å². The zero-order chi connectivity index (χ0) is 16.3. The van der Waals surface area contributed by atoms with Crippen molar-refractivity contribution in [2.45, 2.75) is 19.8 Å². The van der Waals surface area contributed by atoms with E-state index in [1.807, 2.05) is 19.1 Å². The quantitative estimate of drug-likeness (QED) is 0.839. The van der Waals surface area contributed by atoms with Gasteiger partial charge in [-0.05, 0) is 44.0 Å². The zero-order valence-electron chi connectivity index (χ0n) is 13.3. The van der Waals surface area contributed by atoms with Crippen LogP contribution in [0.5, 0.6) is 5.75 Å². The highest BCUT2D eigenvalue weighted by Gasteiger charge is 2.58. The monoisotopic (exact) mass is 318 g/mol. The minimum absolute atomic E-state index is 0.0655. The smallest absolute Gasteiger partial charge is 0.240 e. The second-order valence-corrected chi connectivity index (χ2v) is 5.90. The molecule has 0 spiro atoms. The highest BCUT2D eigenvalue weighted by molar-refractivity contribution is 6.13. The molecule has 3 rings (SSSR count). The summed E-state index contributed by atoms with van der Waals surface area (Å²) in [7, 11) is 0. The molecule has 1 saturated heterocycles. The van der Waals surface area contributed by atoms with Crippen LogP contribution in [0.3, 0.4) is 0 Å². The molecule has 1 N–H and O–H groups in total. The van der Waals surface area contributed by atoms with E-state index in [0.29, 0.717) is 51.4 Å². The molecule has 124 valence electrons. The maximum Gasteiger partial charge on any atom is 0.240 e. The topological polar surface area (TPSA) is 67.9 Å². The lowest BCUT2D eigenvalue weighted by Gasteiger charge is -2.30. The molecule has 2 fully saturated rings. The Kier molecular flexibility index (Phi) is 4.52. The van der Waals surface area contributed by atoms with Gasteiger partial charge in [-0.25, -0.2) is 0 Å². The third kappa shape index (κ3) is 3.32. The van der Waals surface area contributed by atoms with E-state index in [1.165, 1.54) is 0 Å². The van der Waals surface area contributed by atoms with Gasteiger partial charge in [-0.1, -0.05) is 0 Å². The number of anilines is 1. The summed E-state index contributed by atoms with van der Waals surface area (Å²) in [5.41, 5.74) is -0.199. The summed E-state index contributed by atoms with van der Waals surface area (Å²) in [6.45, 7) is 4.74. The van der Waals surface area contributed by atoms with Crippen molar-refractivity contribution in [3.05, 3.63) is 24.3 Å². The molecule has 2 aliphatic rings. The van der Waals surface area contributed by atoms with Crippen LogP contribution in [0.4, 0.5) is 5.69 Å². The first-order chi connectivity index (χ1) is 11.2. The molecule has 0 atom stereocenters. The van der Waals surface area contributed by atoms with E-state index in [0.717, 1.165) is 5.75 Å². The third-order valence-corrected chi connectivity index (χ3v) is 4.32. The molecule has 0 bridgehead atoms. The second kappa shape index (κ2) is 6.58. The van der Waals surface area contributed by atoms with Crippen LogP contribution in [0.15, 0.2) is 24.3 Å². The van der Waals surface area contributed by atoms with E-state index in [1.54, 1.807) is 17.0 Å². The van der Waals surface area contributed by atoms with Gasteiger partial charge in [0.2, 0.25) is 11.8 Å². The average molecular weight is 318 g/mol. The summed E-state index contributed by atoms with van der Waals surface area (Å²) >= 11 is 0. The summed E-state index contributed by atoms with van der Waals surface area (Å²) in [5.74, 6) is 0.485. The number of benzene rings is 1. The van der Waals surface area contributed by atoms with E-state index in [9.17, 15) is 9.59 Å². The largest absolute Gasteiger partial charge is 0.494 e. The summed E-state index contributed by atoms with van der Waals surface area (Å²) in [4.78, 5) is 27.0. The van der Waals surface area contributed by atoms with Crippen molar-refractivity contribution >= 4 is 17.5 Å². The van der Waals surface area contributed by atoms with Crippen LogP contribution in [-0.2, 0) is 14.3 Å². The molecule has 1 heterocycles. The van der Waals surface area contributed by atoms with Crippen LogP contribution in [0.25, 0.3) is 0 Å². The molecule has 0 unspecified atom stereocenters. The lowest BCUT2D eigenvalue weighted by atomic mass is 10.0. The van der Waals surface area contributed by atoms with Crippen molar-refractivity contribution in [3.63, 3.8) is 0 Å². The third-order valence-electron chi connectivity index (χ3n) is 4.32. The Balaban J connectivity index is 1.63. The first-order valence-corrected chi connectivity index (χ1v) is 8.07. The van der Waals surface area contributed by atoms with Gasteiger partial charge in [-0.15, -0.1) is 0 Å². The fourth-order valence-corrected chi connectivity index (χ4v) is 2.78. The first kappa shape index (κ1) is 15.8. The Bertz CT molecular complexity index is 575. The second-order valence-electron chi connectivity index (χ2n) is 5.90. The molecule has 6 heteroatoms. The Hall–Kier alpha value is -2.08. The van der Waals surface area contributed by atoms with Crippen molar-refractivity contribution < 1.29 is 19.1 Å². The van der Waals surface area contributed by atoms with Crippen molar-refractivity contribution in [1.82, 2.24) is 4.90 Å². The average Bonchev–Trinajstić information content (AvgIpc) is 3.39. The normalized spacial score (nSPS) is 19.1. The number of hydrogen-bond donors (Lipinski definition) is 1. The number of rotatable bonds is 5. The number of nitrogens with one attached hydrogen (secondary N) is 1. The van der Waals surface area contributed by atoms with Gasteiger partial charge in [0, 0.05) is 18.8 Å². The predicted octanol–water partition coefficient (Wildman–Crippen LogP) is 1.66. The van der Waals surface area contributed by atoms with Crippen molar-refractivity contribution in [2.24, 2.45) is 5.41 Å². The van der Waals surface area contributed by atoms with Gasteiger partial charge in [0.05, 0.1) is 19.8 Å². The SMILES string of the molecule is CCOc1ccc(NC(=O)C2(C(=O)N3CCOCC3)CC2)cc1. The number of nitrogens with zero attached hydrogens (tertiary/aromatic N) is 1. The molecule has 2 amide bonds. The highest BCUT2D eigenvalue weighted by atomic mass is 16.5. The fraction of sp³-hybridized carbons (Fsp3) is 0.529. The minimum atomic E-state index is -0.879. The standard InChI is InChI=1S/C17H22N2O4/c1-2-23-14-5-3-13(4-6-14)18-15(20)17(7-8-17)16(21)19-9-11-22-12-10-19/h3-6H,2,7-12H2,1H3,(H,18,20). The van der Waals surface area contributed by atoms with Crippen LogP contribution in [0, 0.1) is 5.41 Å². The van der Waals surface area contributed by atoms with Crippen molar-refractivity contribution in [3.8, 4) is 5.75 Å². The molecular formula is C17H22N2O4. The maximum absolute atomic E-state index is 12.6. The van der Waals surface area contributed by atoms with Crippen LogP contribution >= 0.6 is 0 Å². The Morgan fingerprint density at radius 1 is 1.22 bits per heavy atom. The molecule has 1 aliphatic heterocycles. The number of hydrogen-bond acceptors (Lipinski definition) is 4. The molecule has 0 aromatic heterocycles. The van der Waals surface area contributed by atoms with Gasteiger partial charge in [0.15, 0.2) is 0 Å². The van der Waals surface area contributed by atoms with Gasteiger partial charge >= 0.3 is 0 Å². The van der Waals surface area contributed by atoms with Crippen molar-refractivity contribution in [1.29, 1.82) is 0 Å². The highest BCUT2D eigenvalue weighted by Crippen LogP contribution is 2.48. The maximum atomic E-state index is 12.6. The Morgan fingerprint density at radius 3 is 2.43 bits per heavy atom. The minimum Gasteiger partial charge on any atom is -0.494 e.